The van der Waals surface area contributed by atoms with E-state index in [0.717, 1.165) is 18.2 Å². The van der Waals surface area contributed by atoms with E-state index >= 15 is 0 Å². The minimum Gasteiger partial charge on any atom is -0.376 e. The highest BCUT2D eigenvalue weighted by Gasteiger charge is 2.37. The Labute approximate surface area is 133 Å². The smallest absolute Gasteiger partial charge is 0.254 e. The summed E-state index contributed by atoms with van der Waals surface area (Å²) in [6, 6.07) is 2.75. The predicted molar refractivity (Wildman–Crippen MR) is 79.7 cm³/mol. The van der Waals surface area contributed by atoms with Crippen molar-refractivity contribution in [2.75, 3.05) is 20.2 Å². The zero-order valence-electron chi connectivity index (χ0n) is 13.0. The molecule has 0 spiro atoms. The Hall–Kier alpha value is -2.02. The maximum absolute atomic E-state index is 13.3. The van der Waals surface area contributed by atoms with Crippen molar-refractivity contribution in [3.63, 3.8) is 0 Å². The number of hydrogen-bond acceptors (Lipinski definition) is 3. The third-order valence-corrected chi connectivity index (χ3v) is 4.20. The fourth-order valence-corrected chi connectivity index (χ4v) is 2.96. The fraction of sp³-hybridized carbons (Fsp3) is 0.500. The lowest BCUT2D eigenvalue weighted by molar-refractivity contribution is -0.121. The molecule has 0 radical (unpaired) electrons. The molecule has 126 valence electrons. The van der Waals surface area contributed by atoms with Crippen LogP contribution in [0.4, 0.5) is 8.78 Å². The Bertz CT molecular complexity index is 589. The lowest BCUT2D eigenvalue weighted by Gasteiger charge is -2.42. The molecule has 0 bridgehead atoms. The SMILES string of the molecule is CO[C@@]1(CCC(N)=O)CCCN(C(=O)c2cc(F)cc(F)c2)C1. The first-order valence-electron chi connectivity index (χ1n) is 7.44. The summed E-state index contributed by atoms with van der Waals surface area (Å²) in [7, 11) is 1.52. The lowest BCUT2D eigenvalue weighted by Crippen LogP contribution is -2.51. The van der Waals surface area contributed by atoms with Crippen molar-refractivity contribution in [3.05, 3.63) is 35.4 Å². The molecule has 5 nitrogen and oxygen atoms in total. The van der Waals surface area contributed by atoms with Gasteiger partial charge in [0.2, 0.25) is 5.91 Å². The minimum absolute atomic E-state index is 0.0377. The van der Waals surface area contributed by atoms with Crippen LogP contribution in [-0.2, 0) is 9.53 Å². The molecule has 23 heavy (non-hydrogen) atoms. The van der Waals surface area contributed by atoms with Crippen LogP contribution in [0.1, 0.15) is 36.0 Å². The highest BCUT2D eigenvalue weighted by Crippen LogP contribution is 2.30. The summed E-state index contributed by atoms with van der Waals surface area (Å²) in [4.78, 5) is 25.0. The summed E-state index contributed by atoms with van der Waals surface area (Å²) in [5.41, 5.74) is 4.49. The van der Waals surface area contributed by atoms with Crippen LogP contribution in [0, 0.1) is 11.6 Å². The maximum Gasteiger partial charge on any atom is 0.254 e. The van der Waals surface area contributed by atoms with E-state index in [1.165, 1.54) is 12.0 Å². The van der Waals surface area contributed by atoms with Gasteiger partial charge in [0.1, 0.15) is 11.6 Å². The molecule has 1 atom stereocenters. The summed E-state index contributed by atoms with van der Waals surface area (Å²) in [6.07, 6.45) is 1.93. The van der Waals surface area contributed by atoms with Crippen LogP contribution in [0.25, 0.3) is 0 Å². The summed E-state index contributed by atoms with van der Waals surface area (Å²) < 4.78 is 32.1. The van der Waals surface area contributed by atoms with Crippen LogP contribution >= 0.6 is 0 Å². The molecule has 1 fully saturated rings. The first-order valence-corrected chi connectivity index (χ1v) is 7.44. The number of nitrogens with zero attached hydrogens (tertiary/aromatic N) is 1. The van der Waals surface area contributed by atoms with Gasteiger partial charge >= 0.3 is 0 Å². The number of primary amides is 1. The highest BCUT2D eigenvalue weighted by molar-refractivity contribution is 5.94. The van der Waals surface area contributed by atoms with Gasteiger partial charge in [-0.2, -0.15) is 0 Å². The lowest BCUT2D eigenvalue weighted by atomic mass is 9.87. The number of likely N-dealkylation sites (tertiary alicyclic amines) is 1. The van der Waals surface area contributed by atoms with Crippen molar-refractivity contribution in [1.82, 2.24) is 4.90 Å². The van der Waals surface area contributed by atoms with Gasteiger partial charge in [-0.15, -0.1) is 0 Å². The molecule has 2 amide bonds. The van der Waals surface area contributed by atoms with Crippen LogP contribution in [0.2, 0.25) is 0 Å². The van der Waals surface area contributed by atoms with Gasteiger partial charge in [0.25, 0.3) is 5.91 Å². The van der Waals surface area contributed by atoms with E-state index in [1.807, 2.05) is 0 Å². The van der Waals surface area contributed by atoms with Gasteiger partial charge in [-0.1, -0.05) is 0 Å². The van der Waals surface area contributed by atoms with Crippen LogP contribution < -0.4 is 5.73 Å². The number of piperidine rings is 1. The molecule has 1 aromatic carbocycles. The Kier molecular flexibility index (Phi) is 5.30. The van der Waals surface area contributed by atoms with Crippen molar-refractivity contribution < 1.29 is 23.1 Å². The van der Waals surface area contributed by atoms with E-state index in [4.69, 9.17) is 10.5 Å². The molecule has 0 aliphatic carbocycles. The number of amides is 2. The Morgan fingerprint density at radius 3 is 2.52 bits per heavy atom. The fourth-order valence-electron chi connectivity index (χ4n) is 2.96. The van der Waals surface area contributed by atoms with Gasteiger partial charge in [-0.3, -0.25) is 9.59 Å². The second kappa shape index (κ2) is 7.04. The molecule has 0 saturated carbocycles. The van der Waals surface area contributed by atoms with Gasteiger partial charge in [0.05, 0.1) is 5.60 Å². The third kappa shape index (κ3) is 4.25. The Balaban J connectivity index is 2.15. The van der Waals surface area contributed by atoms with Gasteiger partial charge in [-0.05, 0) is 31.4 Å². The van der Waals surface area contributed by atoms with Crippen LogP contribution in [0.5, 0.6) is 0 Å². The van der Waals surface area contributed by atoms with Gasteiger partial charge in [0.15, 0.2) is 0 Å². The van der Waals surface area contributed by atoms with E-state index in [9.17, 15) is 18.4 Å². The summed E-state index contributed by atoms with van der Waals surface area (Å²) in [6.45, 7) is 0.729. The summed E-state index contributed by atoms with van der Waals surface area (Å²) in [5.74, 6) is -2.48. The summed E-state index contributed by atoms with van der Waals surface area (Å²) >= 11 is 0. The zero-order valence-corrected chi connectivity index (χ0v) is 13.0. The number of hydrogen-bond donors (Lipinski definition) is 1. The number of rotatable bonds is 5. The van der Waals surface area contributed by atoms with Crippen molar-refractivity contribution in [2.45, 2.75) is 31.3 Å². The van der Waals surface area contributed by atoms with Gasteiger partial charge in [-0.25, -0.2) is 8.78 Å². The second-order valence-electron chi connectivity index (χ2n) is 5.84. The first kappa shape index (κ1) is 17.3. The molecule has 0 aromatic heterocycles. The summed E-state index contributed by atoms with van der Waals surface area (Å²) in [5, 5.41) is 0. The van der Waals surface area contributed by atoms with Crippen molar-refractivity contribution >= 4 is 11.8 Å². The number of ether oxygens (including phenoxy) is 1. The molecule has 1 aliphatic heterocycles. The molecule has 1 aromatic rings. The van der Waals surface area contributed by atoms with E-state index in [0.29, 0.717) is 25.8 Å². The Morgan fingerprint density at radius 1 is 1.30 bits per heavy atom. The molecule has 1 aliphatic rings. The monoisotopic (exact) mass is 326 g/mol. The molecular formula is C16H20F2N2O3. The number of halogens is 2. The number of benzene rings is 1. The van der Waals surface area contributed by atoms with E-state index in [1.54, 1.807) is 0 Å². The minimum atomic E-state index is -0.794. The average Bonchev–Trinajstić information content (AvgIpc) is 2.51. The van der Waals surface area contributed by atoms with Crippen molar-refractivity contribution in [3.8, 4) is 0 Å². The number of nitrogens with two attached hydrogens (primary N) is 1. The van der Waals surface area contributed by atoms with Crippen molar-refractivity contribution in [1.29, 1.82) is 0 Å². The van der Waals surface area contributed by atoms with Crippen LogP contribution in [-0.4, -0.2) is 42.5 Å². The number of carbonyl (C=O) groups excluding carboxylic acids is 2. The van der Waals surface area contributed by atoms with Gasteiger partial charge in [0, 0.05) is 38.2 Å². The number of methoxy groups -OCH3 is 1. The van der Waals surface area contributed by atoms with E-state index in [2.05, 4.69) is 0 Å². The highest BCUT2D eigenvalue weighted by atomic mass is 19.1. The molecular weight excluding hydrogens is 306 g/mol. The molecule has 1 heterocycles. The molecule has 1 saturated heterocycles. The average molecular weight is 326 g/mol. The molecule has 0 unspecified atom stereocenters. The zero-order chi connectivity index (χ0) is 17.0. The van der Waals surface area contributed by atoms with E-state index in [-0.39, 0.29) is 18.5 Å². The quantitative estimate of drug-likeness (QED) is 0.897. The number of carbonyl (C=O) groups is 2. The normalized spacial score (nSPS) is 21.3. The van der Waals surface area contributed by atoms with Crippen LogP contribution in [0.15, 0.2) is 18.2 Å². The Morgan fingerprint density at radius 2 is 1.96 bits per heavy atom. The third-order valence-electron chi connectivity index (χ3n) is 4.20. The van der Waals surface area contributed by atoms with Crippen molar-refractivity contribution in [2.24, 2.45) is 5.73 Å². The molecule has 2 rings (SSSR count). The largest absolute Gasteiger partial charge is 0.376 e. The van der Waals surface area contributed by atoms with E-state index < -0.39 is 29.0 Å². The second-order valence-corrected chi connectivity index (χ2v) is 5.84. The maximum atomic E-state index is 13.3. The molecule has 2 N–H and O–H groups in total. The molecule has 7 heteroatoms. The predicted octanol–water partition coefficient (Wildman–Crippen LogP) is 1.85. The standard InChI is InChI=1S/C16H20F2N2O3/c1-23-16(5-3-14(19)21)4-2-6-20(10-16)15(22)11-7-12(17)9-13(18)8-11/h7-9H,2-6,10H2,1H3,(H2,19,21)/t16-/m1/s1. The topological polar surface area (TPSA) is 72.6 Å². The van der Waals surface area contributed by atoms with Gasteiger partial charge < -0.3 is 15.4 Å². The first-order chi connectivity index (χ1) is 10.8. The van der Waals surface area contributed by atoms with Crippen LogP contribution in [0.3, 0.4) is 0 Å².